The van der Waals surface area contributed by atoms with E-state index in [9.17, 15) is 10.2 Å². The highest BCUT2D eigenvalue weighted by molar-refractivity contribution is 6.33. The van der Waals surface area contributed by atoms with E-state index < -0.39 is 5.79 Å². The molecule has 0 aromatic carbocycles. The fraction of sp³-hybridized carbons (Fsp3) is 0.684. The van der Waals surface area contributed by atoms with Crippen LogP contribution >= 0.6 is 11.6 Å². The minimum absolute atomic E-state index is 0.0386. The van der Waals surface area contributed by atoms with Gasteiger partial charge in [0.05, 0.1) is 23.6 Å². The number of hydrogen-bond acceptors (Lipinski definition) is 5. The molecule has 2 aliphatic rings. The van der Waals surface area contributed by atoms with E-state index in [1.165, 1.54) is 6.33 Å². The SMILES string of the molecule is C[C@H]1C(C(O)C2CC2)C[C@@H](OC(C)(C)O)C1n1ccc2c(Cl)ncnc21. The third kappa shape index (κ3) is 3.24. The van der Waals surface area contributed by atoms with Crippen LogP contribution in [0.2, 0.25) is 5.15 Å². The molecule has 0 saturated heterocycles. The summed E-state index contributed by atoms with van der Waals surface area (Å²) in [6.45, 7) is 5.45. The van der Waals surface area contributed by atoms with Crippen molar-refractivity contribution in [1.82, 2.24) is 14.5 Å². The first kappa shape index (κ1) is 18.2. The van der Waals surface area contributed by atoms with Crippen LogP contribution in [-0.4, -0.2) is 42.7 Å². The Labute approximate surface area is 158 Å². The van der Waals surface area contributed by atoms with Crippen molar-refractivity contribution in [2.24, 2.45) is 17.8 Å². The molecule has 5 atom stereocenters. The highest BCUT2D eigenvalue weighted by Gasteiger charge is 2.50. The standard InChI is InChI=1S/C19H26ClN3O3/c1-10-13(16(24)11-4-5-11)8-14(26-19(2,3)25)15(10)23-7-6-12-17(20)21-9-22-18(12)23/h6-7,9-11,13-16,24-25H,4-5,8H2,1-3H3/t10-,13?,14+,15?,16?/m0/s1. The molecule has 2 heterocycles. The van der Waals surface area contributed by atoms with Gasteiger partial charge in [-0.15, -0.1) is 0 Å². The van der Waals surface area contributed by atoms with Crippen molar-refractivity contribution < 1.29 is 14.9 Å². The molecule has 2 N–H and O–H groups in total. The van der Waals surface area contributed by atoms with E-state index in [0.29, 0.717) is 17.5 Å². The fourth-order valence-corrected chi connectivity index (χ4v) is 4.74. The maximum absolute atomic E-state index is 10.8. The number of hydrogen-bond donors (Lipinski definition) is 2. The molecule has 2 aromatic heterocycles. The number of aliphatic hydroxyl groups is 2. The predicted molar refractivity (Wildman–Crippen MR) is 98.7 cm³/mol. The quantitative estimate of drug-likeness (QED) is 0.616. The average molecular weight is 380 g/mol. The lowest BCUT2D eigenvalue weighted by molar-refractivity contribution is -0.212. The summed E-state index contributed by atoms with van der Waals surface area (Å²) in [6.07, 6.45) is 5.80. The fourth-order valence-electron chi connectivity index (χ4n) is 4.55. The lowest BCUT2D eigenvalue weighted by atomic mass is 9.88. The highest BCUT2D eigenvalue weighted by atomic mass is 35.5. The summed E-state index contributed by atoms with van der Waals surface area (Å²) >= 11 is 6.21. The number of halogens is 1. The Morgan fingerprint density at radius 1 is 1.35 bits per heavy atom. The van der Waals surface area contributed by atoms with Crippen molar-refractivity contribution >= 4 is 22.6 Å². The smallest absolute Gasteiger partial charge is 0.160 e. The van der Waals surface area contributed by atoms with Crippen LogP contribution in [0.3, 0.4) is 0 Å². The third-order valence-corrected chi connectivity index (χ3v) is 6.17. The molecule has 0 spiro atoms. The molecule has 3 unspecified atom stereocenters. The molecule has 0 aliphatic heterocycles. The summed E-state index contributed by atoms with van der Waals surface area (Å²) in [4.78, 5) is 8.47. The van der Waals surface area contributed by atoms with Gasteiger partial charge < -0.3 is 19.5 Å². The summed E-state index contributed by atoms with van der Waals surface area (Å²) < 4.78 is 8.09. The molecule has 2 fully saturated rings. The number of ether oxygens (including phenoxy) is 1. The molecule has 0 bridgehead atoms. The Balaban J connectivity index is 1.72. The molecule has 0 radical (unpaired) electrons. The van der Waals surface area contributed by atoms with Crippen LogP contribution in [0.4, 0.5) is 0 Å². The minimum Gasteiger partial charge on any atom is -0.393 e. The monoisotopic (exact) mass is 379 g/mol. The van der Waals surface area contributed by atoms with Crippen LogP contribution in [-0.2, 0) is 4.74 Å². The van der Waals surface area contributed by atoms with Gasteiger partial charge in [0.25, 0.3) is 0 Å². The Bertz CT molecular complexity index is 799. The van der Waals surface area contributed by atoms with Crippen LogP contribution in [0.1, 0.15) is 46.1 Å². The predicted octanol–water partition coefficient (Wildman–Crippen LogP) is 3.17. The van der Waals surface area contributed by atoms with Gasteiger partial charge in [0.2, 0.25) is 0 Å². The normalized spacial score (nSPS) is 30.8. The van der Waals surface area contributed by atoms with Crippen LogP contribution in [0, 0.1) is 17.8 Å². The summed E-state index contributed by atoms with van der Waals surface area (Å²) in [5, 5.41) is 22.2. The third-order valence-electron chi connectivity index (χ3n) is 5.86. The second-order valence-electron chi connectivity index (χ2n) is 8.31. The van der Waals surface area contributed by atoms with Crippen LogP contribution in [0.15, 0.2) is 18.6 Å². The van der Waals surface area contributed by atoms with E-state index in [1.54, 1.807) is 13.8 Å². The average Bonchev–Trinajstić information content (AvgIpc) is 3.25. The van der Waals surface area contributed by atoms with Gasteiger partial charge in [-0.1, -0.05) is 18.5 Å². The molecule has 6 nitrogen and oxygen atoms in total. The molecular formula is C19H26ClN3O3. The number of rotatable bonds is 5. The maximum atomic E-state index is 10.8. The first-order chi connectivity index (χ1) is 12.3. The van der Waals surface area contributed by atoms with Crippen LogP contribution in [0.5, 0.6) is 0 Å². The number of nitrogens with zero attached hydrogens (tertiary/aromatic N) is 3. The summed E-state index contributed by atoms with van der Waals surface area (Å²) in [5.41, 5.74) is 0.757. The van der Waals surface area contributed by atoms with Gasteiger partial charge in [-0.3, -0.25) is 0 Å². The van der Waals surface area contributed by atoms with Gasteiger partial charge in [0.1, 0.15) is 17.1 Å². The lowest BCUT2D eigenvalue weighted by Crippen LogP contribution is -2.34. The Kier molecular flexibility index (Phi) is 4.50. The zero-order valence-corrected chi connectivity index (χ0v) is 16.1. The Morgan fingerprint density at radius 3 is 2.73 bits per heavy atom. The topological polar surface area (TPSA) is 80.4 Å². The molecule has 4 rings (SSSR count). The van der Waals surface area contributed by atoms with Crippen molar-refractivity contribution in [2.45, 2.75) is 64.1 Å². The number of aliphatic hydroxyl groups excluding tert-OH is 1. The maximum Gasteiger partial charge on any atom is 0.160 e. The Morgan fingerprint density at radius 2 is 2.08 bits per heavy atom. The van der Waals surface area contributed by atoms with E-state index in [0.717, 1.165) is 23.9 Å². The van der Waals surface area contributed by atoms with Crippen molar-refractivity contribution in [2.75, 3.05) is 0 Å². The summed E-state index contributed by atoms with van der Waals surface area (Å²) in [6, 6.07) is 1.87. The van der Waals surface area contributed by atoms with E-state index in [2.05, 4.69) is 21.5 Å². The van der Waals surface area contributed by atoms with E-state index in [1.807, 2.05) is 12.3 Å². The van der Waals surface area contributed by atoms with Crippen LogP contribution in [0.25, 0.3) is 11.0 Å². The number of fused-ring (bicyclic) bond motifs is 1. The van der Waals surface area contributed by atoms with Crippen LogP contribution < -0.4 is 0 Å². The lowest BCUT2D eigenvalue weighted by Gasteiger charge is -2.30. The van der Waals surface area contributed by atoms with Gasteiger partial charge in [0.15, 0.2) is 5.79 Å². The molecular weight excluding hydrogens is 354 g/mol. The van der Waals surface area contributed by atoms with E-state index in [-0.39, 0.29) is 30.1 Å². The summed E-state index contributed by atoms with van der Waals surface area (Å²) in [7, 11) is 0. The zero-order chi connectivity index (χ0) is 18.6. The minimum atomic E-state index is -1.24. The molecule has 7 heteroatoms. The van der Waals surface area contributed by atoms with Gasteiger partial charge in [-0.05, 0) is 56.9 Å². The van der Waals surface area contributed by atoms with Gasteiger partial charge in [-0.2, -0.15) is 0 Å². The second-order valence-corrected chi connectivity index (χ2v) is 8.66. The zero-order valence-electron chi connectivity index (χ0n) is 15.3. The van der Waals surface area contributed by atoms with E-state index in [4.69, 9.17) is 16.3 Å². The van der Waals surface area contributed by atoms with Gasteiger partial charge in [0, 0.05) is 6.20 Å². The molecule has 0 amide bonds. The Hall–Kier alpha value is -1.21. The largest absolute Gasteiger partial charge is 0.393 e. The van der Waals surface area contributed by atoms with Gasteiger partial charge in [-0.25, -0.2) is 9.97 Å². The first-order valence-corrected chi connectivity index (χ1v) is 9.69. The van der Waals surface area contributed by atoms with Gasteiger partial charge >= 0.3 is 0 Å². The van der Waals surface area contributed by atoms with Crippen molar-refractivity contribution in [3.63, 3.8) is 0 Å². The van der Waals surface area contributed by atoms with Crippen molar-refractivity contribution in [1.29, 1.82) is 0 Å². The molecule has 2 saturated carbocycles. The second kappa shape index (κ2) is 6.44. The molecule has 2 aliphatic carbocycles. The molecule has 26 heavy (non-hydrogen) atoms. The highest BCUT2D eigenvalue weighted by Crippen LogP contribution is 2.50. The number of aromatic nitrogens is 3. The molecule has 2 aromatic rings. The molecule has 142 valence electrons. The van der Waals surface area contributed by atoms with Crippen molar-refractivity contribution in [3.8, 4) is 0 Å². The summed E-state index contributed by atoms with van der Waals surface area (Å²) in [5.74, 6) is -0.517. The van der Waals surface area contributed by atoms with Crippen molar-refractivity contribution in [3.05, 3.63) is 23.7 Å². The first-order valence-electron chi connectivity index (χ1n) is 9.31. The van der Waals surface area contributed by atoms with E-state index >= 15 is 0 Å².